The molecule has 0 heterocycles. The van der Waals surface area contributed by atoms with Crippen molar-refractivity contribution < 1.29 is 11.0 Å². The average Bonchev–Trinajstić information content (AvgIpc) is 2.38. The predicted molar refractivity (Wildman–Crippen MR) is 98.5 cm³/mol. The van der Waals surface area contributed by atoms with E-state index in [0.717, 1.165) is 39.3 Å². The Morgan fingerprint density at radius 3 is 1.70 bits per heavy atom. The lowest BCUT2D eigenvalue weighted by Gasteiger charge is -2.20. The van der Waals surface area contributed by atoms with Gasteiger partial charge in [-0.3, -0.25) is 0 Å². The van der Waals surface area contributed by atoms with Crippen molar-refractivity contribution in [2.45, 2.75) is 26.4 Å². The van der Waals surface area contributed by atoms with Crippen LogP contribution in [-0.2, 0) is 4.74 Å². The van der Waals surface area contributed by atoms with E-state index < -0.39 is 5.60 Å². The Kier molecular flexibility index (Phi) is 15.5. The number of nitrogens with zero attached hydrogens (tertiary/aromatic N) is 2. The predicted octanol–water partition coefficient (Wildman–Crippen LogP) is -0.517. The topological polar surface area (TPSA) is 123 Å². The Morgan fingerprint density at radius 2 is 1.35 bits per heavy atom. The molecule has 0 aliphatic carbocycles. The summed E-state index contributed by atoms with van der Waals surface area (Å²) in [5.41, 5.74) is 15.5. The lowest BCUT2D eigenvalue weighted by molar-refractivity contribution is 0.0524. The number of carbonyl (C=O) groups excluding carboxylic acids is 1. The van der Waals surface area contributed by atoms with Gasteiger partial charge in [0, 0.05) is 53.8 Å². The molecule has 0 aromatic rings. The van der Waals surface area contributed by atoms with Crippen LogP contribution < -0.4 is 22.5 Å². The van der Waals surface area contributed by atoms with Crippen LogP contribution in [-0.4, -0.2) is 87.9 Å². The zero-order valence-corrected chi connectivity index (χ0v) is 15.6. The Balaban J connectivity index is -0.000000419. The Bertz CT molecular complexity index is 284. The van der Waals surface area contributed by atoms with Gasteiger partial charge in [0.25, 0.3) is 0 Å². The van der Waals surface area contributed by atoms with Gasteiger partial charge in [-0.05, 0) is 34.9 Å². The van der Waals surface area contributed by atoms with Crippen molar-refractivity contribution in [2.75, 3.05) is 66.5 Å². The number of rotatable bonds is 9. The van der Waals surface area contributed by atoms with E-state index in [1.54, 1.807) is 0 Å². The van der Waals surface area contributed by atoms with Crippen LogP contribution in [0.2, 0.25) is 0 Å². The first-order valence-corrected chi connectivity index (χ1v) is 8.10. The second kappa shape index (κ2) is 14.6. The summed E-state index contributed by atoms with van der Waals surface area (Å²) < 4.78 is 5.09. The Labute approximate surface area is 143 Å². The van der Waals surface area contributed by atoms with E-state index in [9.17, 15) is 4.79 Å². The SMILES string of the molecule is CN(CCN)CCN.CN(CCN)CCNC(=O)OC(C)(C)C.[HH]. The number of nitrogens with one attached hydrogen (secondary N) is 1. The second-order valence-electron chi connectivity index (χ2n) is 6.40. The molecule has 7 N–H and O–H groups in total. The van der Waals surface area contributed by atoms with Crippen LogP contribution in [0.3, 0.4) is 0 Å². The van der Waals surface area contributed by atoms with Crippen molar-refractivity contribution in [3.05, 3.63) is 0 Å². The highest BCUT2D eigenvalue weighted by atomic mass is 16.6. The van der Waals surface area contributed by atoms with E-state index in [4.69, 9.17) is 21.9 Å². The summed E-state index contributed by atoms with van der Waals surface area (Å²) in [6, 6.07) is 0. The summed E-state index contributed by atoms with van der Waals surface area (Å²) in [6.45, 7) is 11.6. The van der Waals surface area contributed by atoms with Gasteiger partial charge < -0.3 is 37.1 Å². The molecule has 142 valence electrons. The number of hydrogen-bond acceptors (Lipinski definition) is 7. The highest BCUT2D eigenvalue weighted by molar-refractivity contribution is 5.67. The van der Waals surface area contributed by atoms with Gasteiger partial charge in [0.05, 0.1) is 0 Å². The number of likely N-dealkylation sites (N-methyl/N-ethyl adjacent to an activating group) is 2. The molecule has 0 aliphatic rings. The molecule has 8 nitrogen and oxygen atoms in total. The molecule has 0 fully saturated rings. The first kappa shape index (κ1) is 24.3. The van der Waals surface area contributed by atoms with Crippen molar-refractivity contribution in [2.24, 2.45) is 17.2 Å². The van der Waals surface area contributed by atoms with Crippen LogP contribution in [0.15, 0.2) is 0 Å². The van der Waals surface area contributed by atoms with Crippen LogP contribution >= 0.6 is 0 Å². The van der Waals surface area contributed by atoms with Gasteiger partial charge >= 0.3 is 6.09 Å². The van der Waals surface area contributed by atoms with Crippen LogP contribution in [0, 0.1) is 0 Å². The molecule has 0 aliphatic heterocycles. The molecule has 0 spiro atoms. The van der Waals surface area contributed by atoms with E-state index in [-0.39, 0.29) is 7.52 Å². The standard InChI is InChI=1S/C10H23N3O2.C5H15N3.H2/c1-10(2,3)15-9(14)12-6-8-13(4)7-5-11;1-8(4-2-6)5-3-7;/h5-8,11H2,1-4H3,(H,12,14);2-7H2,1H3;1H. The number of alkyl carbamates (subject to hydrolysis) is 1. The third-order valence-electron chi connectivity index (χ3n) is 2.69. The van der Waals surface area contributed by atoms with Gasteiger partial charge in [-0.25, -0.2) is 4.79 Å². The molecule has 0 radical (unpaired) electrons. The van der Waals surface area contributed by atoms with Gasteiger partial charge in [0.2, 0.25) is 0 Å². The fourth-order valence-electron chi connectivity index (χ4n) is 1.55. The molecule has 0 bridgehead atoms. The molecule has 0 atom stereocenters. The Morgan fingerprint density at radius 1 is 0.957 bits per heavy atom. The van der Waals surface area contributed by atoms with E-state index >= 15 is 0 Å². The first-order valence-electron chi connectivity index (χ1n) is 8.10. The summed E-state index contributed by atoms with van der Waals surface area (Å²) >= 11 is 0. The summed E-state index contributed by atoms with van der Waals surface area (Å²) in [5, 5.41) is 2.68. The molecule has 8 heteroatoms. The minimum atomic E-state index is -0.437. The molecule has 0 saturated carbocycles. The molecule has 1 amide bonds. The minimum Gasteiger partial charge on any atom is -0.444 e. The third kappa shape index (κ3) is 21.1. The lowest BCUT2D eigenvalue weighted by atomic mass is 10.2. The molecule has 0 unspecified atom stereocenters. The van der Waals surface area contributed by atoms with E-state index in [2.05, 4.69) is 15.1 Å². The van der Waals surface area contributed by atoms with Gasteiger partial charge in [-0.2, -0.15) is 0 Å². The zero-order chi connectivity index (χ0) is 18.3. The van der Waals surface area contributed by atoms with Crippen LogP contribution in [0.1, 0.15) is 22.2 Å². The average molecular weight is 337 g/mol. The fourth-order valence-corrected chi connectivity index (χ4v) is 1.55. The molecule has 0 rings (SSSR count). The minimum absolute atomic E-state index is 0. The largest absolute Gasteiger partial charge is 0.444 e. The highest BCUT2D eigenvalue weighted by Crippen LogP contribution is 2.05. The summed E-state index contributed by atoms with van der Waals surface area (Å²) in [5.74, 6) is 0. The van der Waals surface area contributed by atoms with Gasteiger partial charge in [-0.15, -0.1) is 0 Å². The molecular formula is C15H40N6O2. The molecule has 0 aromatic heterocycles. The van der Waals surface area contributed by atoms with E-state index in [1.165, 1.54) is 0 Å². The van der Waals surface area contributed by atoms with Crippen LogP contribution in [0.5, 0.6) is 0 Å². The van der Waals surface area contributed by atoms with Gasteiger partial charge in [0.1, 0.15) is 5.60 Å². The van der Waals surface area contributed by atoms with Crippen LogP contribution in [0.25, 0.3) is 0 Å². The third-order valence-corrected chi connectivity index (χ3v) is 2.69. The number of amides is 1. The maximum Gasteiger partial charge on any atom is 0.407 e. The number of carbonyl (C=O) groups is 1. The quantitative estimate of drug-likeness (QED) is 0.447. The molecule has 23 heavy (non-hydrogen) atoms. The van der Waals surface area contributed by atoms with Crippen molar-refractivity contribution in [1.29, 1.82) is 0 Å². The smallest absolute Gasteiger partial charge is 0.407 e. The lowest BCUT2D eigenvalue weighted by Crippen LogP contribution is -2.38. The number of hydrogen-bond donors (Lipinski definition) is 4. The summed E-state index contributed by atoms with van der Waals surface area (Å²) in [4.78, 5) is 15.4. The normalized spacial score (nSPS) is 11.2. The van der Waals surface area contributed by atoms with Crippen LogP contribution in [0.4, 0.5) is 4.79 Å². The number of nitrogens with two attached hydrogens (primary N) is 3. The van der Waals surface area contributed by atoms with Crippen molar-refractivity contribution in [3.8, 4) is 0 Å². The van der Waals surface area contributed by atoms with Crippen molar-refractivity contribution in [3.63, 3.8) is 0 Å². The molecular weight excluding hydrogens is 296 g/mol. The van der Waals surface area contributed by atoms with Crippen molar-refractivity contribution in [1.82, 2.24) is 15.1 Å². The Hall–Kier alpha value is -0.930. The molecule has 0 saturated heterocycles. The van der Waals surface area contributed by atoms with E-state index in [1.807, 2.05) is 34.9 Å². The van der Waals surface area contributed by atoms with Gasteiger partial charge in [0.15, 0.2) is 0 Å². The van der Waals surface area contributed by atoms with Gasteiger partial charge in [-0.1, -0.05) is 0 Å². The van der Waals surface area contributed by atoms with Crippen molar-refractivity contribution >= 4 is 6.09 Å². The maximum absolute atomic E-state index is 11.2. The fraction of sp³-hybridized carbons (Fsp3) is 0.933. The first-order chi connectivity index (χ1) is 10.7. The summed E-state index contributed by atoms with van der Waals surface area (Å²) in [7, 11) is 3.98. The van der Waals surface area contributed by atoms with E-state index in [0.29, 0.717) is 13.1 Å². The second-order valence-corrected chi connectivity index (χ2v) is 6.40. The zero-order valence-electron chi connectivity index (χ0n) is 15.6. The number of ether oxygens (including phenoxy) is 1. The maximum atomic E-state index is 11.2. The molecule has 0 aromatic carbocycles. The summed E-state index contributed by atoms with van der Waals surface area (Å²) in [6.07, 6.45) is -0.372. The highest BCUT2D eigenvalue weighted by Gasteiger charge is 2.15. The monoisotopic (exact) mass is 336 g/mol.